The highest BCUT2D eigenvalue weighted by atomic mass is 79.9. The number of hydrogen-bond donors (Lipinski definition) is 0. The highest BCUT2D eigenvalue weighted by Crippen LogP contribution is 2.23. The molecule has 2 aromatic rings. The van der Waals surface area contributed by atoms with Gasteiger partial charge in [-0.1, -0.05) is 0 Å². The smallest absolute Gasteiger partial charge is 0.189 e. The van der Waals surface area contributed by atoms with Crippen LogP contribution < -0.4 is 0 Å². The number of rotatable bonds is 3. The average Bonchev–Trinajstić information content (AvgIpc) is 2.64. The summed E-state index contributed by atoms with van der Waals surface area (Å²) >= 11 is 4.77. The SMILES string of the molecule is O=C(Cc1ccc(Br)s1)c1ncccc1F. The maximum absolute atomic E-state index is 13.3. The van der Waals surface area contributed by atoms with Gasteiger partial charge in [0.05, 0.1) is 3.79 Å². The van der Waals surface area contributed by atoms with Gasteiger partial charge in [0, 0.05) is 17.5 Å². The number of ketones is 1. The van der Waals surface area contributed by atoms with Crippen LogP contribution >= 0.6 is 27.3 Å². The first-order valence-corrected chi connectivity index (χ1v) is 6.15. The lowest BCUT2D eigenvalue weighted by Gasteiger charge is -1.99. The summed E-state index contributed by atoms with van der Waals surface area (Å²) in [5, 5.41) is 0. The van der Waals surface area contributed by atoms with E-state index >= 15 is 0 Å². The van der Waals surface area contributed by atoms with E-state index in [1.54, 1.807) is 0 Å². The summed E-state index contributed by atoms with van der Waals surface area (Å²) in [5.41, 5.74) is -0.0907. The van der Waals surface area contributed by atoms with E-state index in [0.29, 0.717) is 0 Å². The number of halogens is 2. The lowest BCUT2D eigenvalue weighted by Crippen LogP contribution is -2.07. The number of nitrogens with zero attached hydrogens (tertiary/aromatic N) is 1. The topological polar surface area (TPSA) is 30.0 Å². The van der Waals surface area contributed by atoms with Crippen molar-refractivity contribution in [2.24, 2.45) is 0 Å². The van der Waals surface area contributed by atoms with Gasteiger partial charge in [0.15, 0.2) is 11.6 Å². The fourth-order valence-corrected chi connectivity index (χ4v) is 2.76. The largest absolute Gasteiger partial charge is 0.292 e. The van der Waals surface area contributed by atoms with E-state index in [0.717, 1.165) is 8.66 Å². The van der Waals surface area contributed by atoms with Gasteiger partial charge in [-0.25, -0.2) is 4.39 Å². The number of carbonyl (C=O) groups is 1. The Kier molecular flexibility index (Phi) is 3.46. The molecule has 0 aromatic carbocycles. The normalized spacial score (nSPS) is 10.4. The Bertz CT molecular complexity index is 526. The first kappa shape index (κ1) is 11.4. The molecule has 0 bridgehead atoms. The molecule has 0 atom stereocenters. The van der Waals surface area contributed by atoms with E-state index in [4.69, 9.17) is 0 Å². The molecule has 2 heterocycles. The molecule has 16 heavy (non-hydrogen) atoms. The molecule has 0 radical (unpaired) electrons. The molecule has 0 amide bonds. The van der Waals surface area contributed by atoms with Crippen molar-refractivity contribution >= 4 is 33.0 Å². The molecule has 82 valence electrons. The molecule has 0 saturated heterocycles. The summed E-state index contributed by atoms with van der Waals surface area (Å²) in [6.45, 7) is 0. The second kappa shape index (κ2) is 4.84. The Morgan fingerprint density at radius 1 is 1.44 bits per heavy atom. The number of hydrogen-bond acceptors (Lipinski definition) is 3. The molecule has 0 aliphatic heterocycles. The quantitative estimate of drug-likeness (QED) is 0.812. The van der Waals surface area contributed by atoms with Crippen molar-refractivity contribution in [2.75, 3.05) is 0 Å². The van der Waals surface area contributed by atoms with Crippen LogP contribution in [0.4, 0.5) is 4.39 Å². The third-order valence-electron chi connectivity index (χ3n) is 1.99. The third kappa shape index (κ3) is 2.54. The first-order chi connectivity index (χ1) is 7.66. The molecule has 5 heteroatoms. The van der Waals surface area contributed by atoms with Crippen molar-refractivity contribution in [3.05, 3.63) is 50.6 Å². The second-order valence-corrected chi connectivity index (χ2v) is 5.69. The summed E-state index contributed by atoms with van der Waals surface area (Å²) in [6, 6.07) is 6.41. The fraction of sp³-hybridized carbons (Fsp3) is 0.0909. The first-order valence-electron chi connectivity index (χ1n) is 4.55. The minimum Gasteiger partial charge on any atom is -0.292 e. The number of carbonyl (C=O) groups excluding carboxylic acids is 1. The van der Waals surface area contributed by atoms with Crippen LogP contribution in [0.15, 0.2) is 34.2 Å². The van der Waals surface area contributed by atoms with E-state index in [-0.39, 0.29) is 17.9 Å². The van der Waals surface area contributed by atoms with Gasteiger partial charge in [-0.2, -0.15) is 0 Å². The van der Waals surface area contributed by atoms with Crippen LogP contribution in [-0.4, -0.2) is 10.8 Å². The summed E-state index contributed by atoms with van der Waals surface area (Å²) in [7, 11) is 0. The van der Waals surface area contributed by atoms with Gasteiger partial charge in [0.2, 0.25) is 0 Å². The molecular formula is C11H7BrFNOS. The van der Waals surface area contributed by atoms with E-state index in [1.165, 1.54) is 29.7 Å². The predicted molar refractivity (Wildman–Crippen MR) is 64.2 cm³/mol. The zero-order valence-corrected chi connectivity index (χ0v) is 10.5. The van der Waals surface area contributed by atoms with Crippen molar-refractivity contribution in [1.82, 2.24) is 4.98 Å². The van der Waals surface area contributed by atoms with E-state index in [2.05, 4.69) is 20.9 Å². The number of aromatic nitrogens is 1. The van der Waals surface area contributed by atoms with Gasteiger partial charge >= 0.3 is 0 Å². The zero-order valence-electron chi connectivity index (χ0n) is 8.11. The Balaban J connectivity index is 2.18. The fourth-order valence-electron chi connectivity index (χ4n) is 1.28. The minimum absolute atomic E-state index is 0.0907. The van der Waals surface area contributed by atoms with Crippen LogP contribution in [0.5, 0.6) is 0 Å². The van der Waals surface area contributed by atoms with Crippen molar-refractivity contribution in [1.29, 1.82) is 0 Å². The maximum atomic E-state index is 13.3. The van der Waals surface area contributed by atoms with Gasteiger partial charge in [-0.15, -0.1) is 11.3 Å². The Hall–Kier alpha value is -1.07. The Morgan fingerprint density at radius 3 is 2.88 bits per heavy atom. The third-order valence-corrected chi connectivity index (χ3v) is 3.61. The lowest BCUT2D eigenvalue weighted by atomic mass is 10.1. The zero-order chi connectivity index (χ0) is 11.5. The van der Waals surface area contributed by atoms with Crippen LogP contribution in [-0.2, 0) is 6.42 Å². The van der Waals surface area contributed by atoms with E-state index < -0.39 is 5.82 Å². The molecule has 2 aromatic heterocycles. The van der Waals surface area contributed by atoms with Gasteiger partial charge in [-0.05, 0) is 40.2 Å². The molecule has 0 N–H and O–H groups in total. The summed E-state index contributed by atoms with van der Waals surface area (Å²) in [4.78, 5) is 16.4. The molecule has 0 aliphatic rings. The number of Topliss-reactive ketones (excluding diaryl/α,β-unsaturated/α-hetero) is 1. The molecule has 0 spiro atoms. The summed E-state index contributed by atoms with van der Waals surface area (Å²) in [5.74, 6) is -0.865. The van der Waals surface area contributed by atoms with Crippen LogP contribution in [0.25, 0.3) is 0 Å². The summed E-state index contributed by atoms with van der Waals surface area (Å²) in [6.07, 6.45) is 1.60. The second-order valence-electron chi connectivity index (χ2n) is 3.14. The lowest BCUT2D eigenvalue weighted by molar-refractivity contribution is 0.0985. The standard InChI is InChI=1S/C11H7BrFNOS/c12-10-4-3-7(16-10)6-9(15)11-8(13)2-1-5-14-11/h1-5H,6H2. The average molecular weight is 300 g/mol. The number of pyridine rings is 1. The minimum atomic E-state index is -0.567. The Morgan fingerprint density at radius 2 is 2.25 bits per heavy atom. The van der Waals surface area contributed by atoms with Gasteiger partial charge in [-0.3, -0.25) is 9.78 Å². The predicted octanol–water partition coefficient (Wildman–Crippen LogP) is 3.47. The van der Waals surface area contributed by atoms with Crippen molar-refractivity contribution in [3.63, 3.8) is 0 Å². The van der Waals surface area contributed by atoms with Crippen molar-refractivity contribution in [2.45, 2.75) is 6.42 Å². The van der Waals surface area contributed by atoms with Crippen LogP contribution in [0, 0.1) is 5.82 Å². The van der Waals surface area contributed by atoms with Gasteiger partial charge in [0.25, 0.3) is 0 Å². The highest BCUT2D eigenvalue weighted by molar-refractivity contribution is 9.11. The van der Waals surface area contributed by atoms with E-state index in [1.807, 2.05) is 12.1 Å². The molecule has 2 nitrogen and oxygen atoms in total. The van der Waals surface area contributed by atoms with Gasteiger partial charge in [0.1, 0.15) is 5.69 Å². The molecule has 2 rings (SSSR count). The maximum Gasteiger partial charge on any atom is 0.189 e. The van der Waals surface area contributed by atoms with Crippen LogP contribution in [0.3, 0.4) is 0 Å². The highest BCUT2D eigenvalue weighted by Gasteiger charge is 2.14. The molecule has 0 unspecified atom stereocenters. The van der Waals surface area contributed by atoms with Crippen LogP contribution in [0.2, 0.25) is 0 Å². The molecule has 0 aliphatic carbocycles. The van der Waals surface area contributed by atoms with Crippen LogP contribution in [0.1, 0.15) is 15.4 Å². The number of thiophene rings is 1. The van der Waals surface area contributed by atoms with Crippen molar-refractivity contribution in [3.8, 4) is 0 Å². The summed E-state index contributed by atoms with van der Waals surface area (Å²) < 4.78 is 14.2. The molecule has 0 fully saturated rings. The Labute approximate surface area is 104 Å². The van der Waals surface area contributed by atoms with Gasteiger partial charge < -0.3 is 0 Å². The monoisotopic (exact) mass is 299 g/mol. The van der Waals surface area contributed by atoms with Crippen molar-refractivity contribution < 1.29 is 9.18 Å². The molecule has 0 saturated carbocycles. The van der Waals surface area contributed by atoms with E-state index in [9.17, 15) is 9.18 Å². The molecular weight excluding hydrogens is 293 g/mol.